The SMILES string of the molecule is Cc1nc2c(c(-c3cnn(C)c3)nn2C)c(=O)[nH]1. The number of aryl methyl sites for hydroxylation is 3. The molecule has 0 atom stereocenters. The Morgan fingerprint density at radius 1 is 1.33 bits per heavy atom. The van der Waals surface area contributed by atoms with Crippen molar-refractivity contribution in [1.29, 1.82) is 0 Å². The maximum Gasteiger partial charge on any atom is 0.262 e. The summed E-state index contributed by atoms with van der Waals surface area (Å²) in [6.45, 7) is 1.75. The summed E-state index contributed by atoms with van der Waals surface area (Å²) in [5.41, 5.74) is 1.81. The van der Waals surface area contributed by atoms with Crippen LogP contribution in [0.25, 0.3) is 22.3 Å². The van der Waals surface area contributed by atoms with Gasteiger partial charge in [-0.05, 0) is 6.92 Å². The fraction of sp³-hybridized carbons (Fsp3) is 0.273. The summed E-state index contributed by atoms with van der Waals surface area (Å²) in [5.74, 6) is 0.577. The summed E-state index contributed by atoms with van der Waals surface area (Å²) in [5, 5.41) is 8.94. The van der Waals surface area contributed by atoms with Crippen molar-refractivity contribution in [2.24, 2.45) is 14.1 Å². The summed E-state index contributed by atoms with van der Waals surface area (Å²) in [4.78, 5) is 19.0. The number of aromatic amines is 1. The van der Waals surface area contributed by atoms with Gasteiger partial charge in [-0.25, -0.2) is 9.67 Å². The molecule has 92 valence electrons. The van der Waals surface area contributed by atoms with Gasteiger partial charge in [0.2, 0.25) is 0 Å². The first-order valence-corrected chi connectivity index (χ1v) is 5.49. The van der Waals surface area contributed by atoms with Crippen molar-refractivity contribution in [3.8, 4) is 11.3 Å². The summed E-state index contributed by atoms with van der Waals surface area (Å²) < 4.78 is 3.28. The van der Waals surface area contributed by atoms with Gasteiger partial charge in [0.25, 0.3) is 5.56 Å². The summed E-state index contributed by atoms with van der Waals surface area (Å²) in [6.07, 6.45) is 3.50. The van der Waals surface area contributed by atoms with Crippen LogP contribution in [0.3, 0.4) is 0 Å². The number of H-pyrrole nitrogens is 1. The molecule has 0 aromatic carbocycles. The van der Waals surface area contributed by atoms with E-state index in [1.807, 2.05) is 13.2 Å². The highest BCUT2D eigenvalue weighted by Crippen LogP contribution is 2.23. The van der Waals surface area contributed by atoms with Crippen molar-refractivity contribution >= 4 is 11.0 Å². The highest BCUT2D eigenvalue weighted by molar-refractivity contribution is 5.90. The molecule has 0 saturated carbocycles. The molecule has 3 aromatic rings. The molecule has 0 radical (unpaired) electrons. The summed E-state index contributed by atoms with van der Waals surface area (Å²) in [6, 6.07) is 0. The minimum Gasteiger partial charge on any atom is -0.310 e. The normalized spacial score (nSPS) is 11.3. The van der Waals surface area contributed by atoms with E-state index in [1.54, 1.807) is 29.5 Å². The lowest BCUT2D eigenvalue weighted by atomic mass is 10.2. The average Bonchev–Trinajstić information content (AvgIpc) is 2.84. The Hall–Kier alpha value is -2.44. The molecule has 7 heteroatoms. The molecule has 0 amide bonds. The zero-order valence-electron chi connectivity index (χ0n) is 10.3. The Morgan fingerprint density at radius 3 is 2.78 bits per heavy atom. The molecule has 0 bridgehead atoms. The third kappa shape index (κ3) is 1.44. The molecule has 0 unspecified atom stereocenters. The fourth-order valence-electron chi connectivity index (χ4n) is 2.01. The molecule has 18 heavy (non-hydrogen) atoms. The fourth-order valence-corrected chi connectivity index (χ4v) is 2.01. The molecule has 3 aromatic heterocycles. The van der Waals surface area contributed by atoms with Crippen LogP contribution in [0.4, 0.5) is 0 Å². The van der Waals surface area contributed by atoms with Gasteiger partial charge in [-0.1, -0.05) is 0 Å². The Labute approximate surface area is 102 Å². The molecule has 0 aliphatic heterocycles. The number of nitrogens with zero attached hydrogens (tertiary/aromatic N) is 5. The van der Waals surface area contributed by atoms with Crippen LogP contribution in [-0.2, 0) is 14.1 Å². The van der Waals surface area contributed by atoms with Crippen molar-refractivity contribution in [3.05, 3.63) is 28.6 Å². The molecule has 0 aliphatic rings. The molecular weight excluding hydrogens is 232 g/mol. The second-order valence-corrected chi connectivity index (χ2v) is 4.22. The maximum atomic E-state index is 12.0. The van der Waals surface area contributed by atoms with Crippen LogP contribution in [0.5, 0.6) is 0 Å². The van der Waals surface area contributed by atoms with Gasteiger partial charge < -0.3 is 4.98 Å². The Balaban J connectivity index is 2.41. The highest BCUT2D eigenvalue weighted by Gasteiger charge is 2.16. The third-order valence-electron chi connectivity index (χ3n) is 2.79. The molecule has 3 rings (SSSR count). The second-order valence-electron chi connectivity index (χ2n) is 4.22. The molecule has 0 spiro atoms. The number of hydrogen-bond donors (Lipinski definition) is 1. The number of rotatable bonds is 1. The average molecular weight is 244 g/mol. The molecule has 0 saturated heterocycles. The van der Waals surface area contributed by atoms with Crippen LogP contribution in [-0.4, -0.2) is 29.5 Å². The minimum absolute atomic E-state index is 0.176. The lowest BCUT2D eigenvalue weighted by Gasteiger charge is -1.94. The van der Waals surface area contributed by atoms with Crippen LogP contribution in [0, 0.1) is 6.92 Å². The van der Waals surface area contributed by atoms with Crippen molar-refractivity contribution < 1.29 is 0 Å². The minimum atomic E-state index is -0.176. The molecule has 7 nitrogen and oxygen atoms in total. The van der Waals surface area contributed by atoms with Gasteiger partial charge in [0.1, 0.15) is 16.9 Å². The van der Waals surface area contributed by atoms with Crippen LogP contribution in [0.1, 0.15) is 5.82 Å². The zero-order valence-corrected chi connectivity index (χ0v) is 10.3. The van der Waals surface area contributed by atoms with E-state index in [-0.39, 0.29) is 5.56 Å². The van der Waals surface area contributed by atoms with E-state index in [9.17, 15) is 4.79 Å². The predicted molar refractivity (Wildman–Crippen MR) is 66.1 cm³/mol. The van der Waals surface area contributed by atoms with E-state index in [0.717, 1.165) is 5.56 Å². The van der Waals surface area contributed by atoms with Gasteiger partial charge >= 0.3 is 0 Å². The molecule has 0 fully saturated rings. The lowest BCUT2D eigenvalue weighted by Crippen LogP contribution is -2.10. The van der Waals surface area contributed by atoms with Gasteiger partial charge in [-0.2, -0.15) is 10.2 Å². The van der Waals surface area contributed by atoms with E-state index >= 15 is 0 Å². The van der Waals surface area contributed by atoms with Crippen LogP contribution >= 0.6 is 0 Å². The Bertz CT molecular complexity index is 794. The van der Waals surface area contributed by atoms with E-state index < -0.39 is 0 Å². The predicted octanol–water partition coefficient (Wildman–Crippen LogP) is 0.366. The van der Waals surface area contributed by atoms with Crippen molar-refractivity contribution in [2.45, 2.75) is 6.92 Å². The van der Waals surface area contributed by atoms with E-state index in [0.29, 0.717) is 22.6 Å². The smallest absolute Gasteiger partial charge is 0.262 e. The van der Waals surface area contributed by atoms with E-state index in [4.69, 9.17) is 0 Å². The van der Waals surface area contributed by atoms with Gasteiger partial charge in [0.05, 0.1) is 6.20 Å². The van der Waals surface area contributed by atoms with Crippen molar-refractivity contribution in [2.75, 3.05) is 0 Å². The van der Waals surface area contributed by atoms with Gasteiger partial charge in [0.15, 0.2) is 5.65 Å². The number of nitrogens with one attached hydrogen (secondary N) is 1. The Kier molecular flexibility index (Phi) is 2.09. The molecule has 1 N–H and O–H groups in total. The largest absolute Gasteiger partial charge is 0.310 e. The van der Waals surface area contributed by atoms with Crippen LogP contribution in [0.15, 0.2) is 17.2 Å². The standard InChI is InChI=1S/C11H12N6O/c1-6-13-10-8(11(18)14-6)9(15-17(10)3)7-4-12-16(2)5-7/h4-5H,1-3H3,(H,13,14,18). The van der Waals surface area contributed by atoms with Gasteiger partial charge in [-0.3, -0.25) is 9.48 Å². The summed E-state index contributed by atoms with van der Waals surface area (Å²) >= 11 is 0. The molecule has 3 heterocycles. The van der Waals surface area contributed by atoms with E-state index in [2.05, 4.69) is 20.2 Å². The summed E-state index contributed by atoms with van der Waals surface area (Å²) in [7, 11) is 3.59. The van der Waals surface area contributed by atoms with Crippen molar-refractivity contribution in [3.63, 3.8) is 0 Å². The van der Waals surface area contributed by atoms with Crippen LogP contribution < -0.4 is 5.56 Å². The zero-order chi connectivity index (χ0) is 12.9. The molecular formula is C11H12N6O. The lowest BCUT2D eigenvalue weighted by molar-refractivity contribution is 0.767. The monoisotopic (exact) mass is 244 g/mol. The number of hydrogen-bond acceptors (Lipinski definition) is 4. The van der Waals surface area contributed by atoms with Gasteiger partial charge in [-0.15, -0.1) is 0 Å². The Morgan fingerprint density at radius 2 is 2.11 bits per heavy atom. The first kappa shape index (κ1) is 10.7. The van der Waals surface area contributed by atoms with Crippen molar-refractivity contribution in [1.82, 2.24) is 29.5 Å². The second kappa shape index (κ2) is 3.52. The first-order chi connectivity index (χ1) is 8.56. The number of aromatic nitrogens is 6. The van der Waals surface area contributed by atoms with Gasteiger partial charge in [0, 0.05) is 25.9 Å². The third-order valence-corrected chi connectivity index (χ3v) is 2.79. The number of fused-ring (bicyclic) bond motifs is 1. The van der Waals surface area contributed by atoms with Crippen LogP contribution in [0.2, 0.25) is 0 Å². The topological polar surface area (TPSA) is 81.4 Å². The highest BCUT2D eigenvalue weighted by atomic mass is 16.1. The maximum absolute atomic E-state index is 12.0. The molecule has 0 aliphatic carbocycles. The first-order valence-electron chi connectivity index (χ1n) is 5.49. The van der Waals surface area contributed by atoms with E-state index in [1.165, 1.54) is 0 Å². The quantitative estimate of drug-likeness (QED) is 0.670.